The molecule has 1 aliphatic rings. The topological polar surface area (TPSA) is 25.1 Å². The van der Waals surface area contributed by atoms with Gasteiger partial charge in [-0.25, -0.2) is 0 Å². The summed E-state index contributed by atoms with van der Waals surface area (Å²) in [7, 11) is 8.32. The van der Waals surface area contributed by atoms with Crippen molar-refractivity contribution in [1.82, 2.24) is 14.9 Å². The van der Waals surface area contributed by atoms with Gasteiger partial charge in [0.1, 0.15) is 24.5 Å². The van der Waals surface area contributed by atoms with E-state index in [1.54, 1.807) is 0 Å². The van der Waals surface area contributed by atoms with Gasteiger partial charge in [-0.05, 0) is 27.1 Å². The van der Waals surface area contributed by atoms with Gasteiger partial charge in [0, 0.05) is 5.11 Å². The molecule has 1 heterocycles. The smallest absolute Gasteiger partial charge is 0.117 e. The third-order valence-corrected chi connectivity index (χ3v) is 2.35. The van der Waals surface area contributed by atoms with Crippen molar-refractivity contribution in [3.63, 3.8) is 0 Å². The first-order chi connectivity index (χ1) is 6.61. The molecule has 0 aliphatic carbocycles. The van der Waals surface area contributed by atoms with Crippen molar-refractivity contribution >= 4 is 0 Å². The van der Waals surface area contributed by atoms with Gasteiger partial charge in [-0.2, -0.15) is 0 Å². The monoisotopic (exact) mass is 200 g/mol. The van der Waals surface area contributed by atoms with E-state index in [1.807, 2.05) is 4.92 Å². The normalized spacial score (nSPS) is 17.1. The summed E-state index contributed by atoms with van der Waals surface area (Å²) in [5, 5.41) is 8.78. The molecule has 1 rings (SSSR count). The molecule has 0 aromatic heterocycles. The van der Waals surface area contributed by atoms with Crippen LogP contribution >= 0.6 is 0 Å². The van der Waals surface area contributed by atoms with E-state index in [1.165, 1.54) is 0 Å². The van der Waals surface area contributed by atoms with Crippen molar-refractivity contribution in [2.75, 3.05) is 54.4 Å². The summed E-state index contributed by atoms with van der Waals surface area (Å²) in [6.07, 6.45) is 1.12. The molecule has 1 aliphatic heterocycles. The minimum absolute atomic E-state index is 0.896. The Bertz CT molecular complexity index is 189. The lowest BCUT2D eigenvalue weighted by Crippen LogP contribution is -2.30. The molecule has 0 bridgehead atoms. The van der Waals surface area contributed by atoms with Crippen LogP contribution in [0.25, 0.3) is 0 Å². The van der Waals surface area contributed by atoms with Gasteiger partial charge in [-0.1, -0.05) is 0 Å². The quantitative estimate of drug-likeness (QED) is 0.476. The lowest BCUT2D eigenvalue weighted by atomic mass is 10.4. The zero-order valence-corrected chi connectivity index (χ0v) is 9.77. The van der Waals surface area contributed by atoms with Crippen molar-refractivity contribution in [2.24, 2.45) is 5.11 Å². The van der Waals surface area contributed by atoms with Crippen molar-refractivity contribution < 1.29 is 4.92 Å². The average molecular weight is 200 g/mol. The summed E-state index contributed by atoms with van der Waals surface area (Å²) in [5.74, 6) is 0. The van der Waals surface area contributed by atoms with Crippen LogP contribution in [-0.4, -0.2) is 74.2 Å². The first kappa shape index (κ1) is 11.2. The molecular weight excluding hydrogens is 178 g/mol. The Hall–Kier alpha value is -0.840. The Morgan fingerprint density at radius 1 is 1.21 bits per heavy atom. The van der Waals surface area contributed by atoms with E-state index in [0.717, 1.165) is 32.6 Å². The number of hydrazine groups is 2. The van der Waals surface area contributed by atoms with E-state index in [9.17, 15) is 0 Å². The minimum Gasteiger partial charge on any atom is -0.309 e. The maximum absolute atomic E-state index is 4.52. The molecule has 0 spiro atoms. The van der Waals surface area contributed by atoms with Crippen LogP contribution in [0.3, 0.4) is 0 Å². The zero-order chi connectivity index (χ0) is 10.6. The molecule has 0 N–H and O–H groups in total. The third-order valence-electron chi connectivity index (χ3n) is 2.35. The second kappa shape index (κ2) is 5.14. The fraction of sp³-hybridized carbons (Fsp3) is 1.00. The summed E-state index contributed by atoms with van der Waals surface area (Å²) in [4.78, 5) is 4.16. The number of hydrogen-bond donors (Lipinski definition) is 0. The van der Waals surface area contributed by atoms with Crippen molar-refractivity contribution in [2.45, 2.75) is 6.42 Å². The predicted octanol–water partition coefficient (Wildman–Crippen LogP) is 0.110. The molecule has 14 heavy (non-hydrogen) atoms. The molecule has 0 radical (unpaired) electrons. The van der Waals surface area contributed by atoms with E-state index in [0.29, 0.717) is 0 Å². The largest absolute Gasteiger partial charge is 0.309 e. The SMILES string of the molecule is CN(C)CCCN=[N+]1N(C)CCN1C. The first-order valence-corrected chi connectivity index (χ1v) is 5.15. The molecule has 0 unspecified atom stereocenters. The van der Waals surface area contributed by atoms with E-state index >= 15 is 0 Å². The van der Waals surface area contributed by atoms with Gasteiger partial charge in [-0.3, -0.25) is 0 Å². The average Bonchev–Trinajstić information content (AvgIpc) is 2.42. The highest BCUT2D eigenvalue weighted by Gasteiger charge is 2.27. The third kappa shape index (κ3) is 3.14. The molecule has 82 valence electrons. The number of hydrogen-bond acceptors (Lipinski definition) is 2. The lowest BCUT2D eigenvalue weighted by molar-refractivity contribution is -0.829. The van der Waals surface area contributed by atoms with Crippen LogP contribution in [0.2, 0.25) is 0 Å². The Balaban J connectivity index is 2.29. The second-order valence-corrected chi connectivity index (χ2v) is 4.05. The van der Waals surface area contributed by atoms with Gasteiger partial charge in [0.15, 0.2) is 0 Å². The Morgan fingerprint density at radius 3 is 2.29 bits per heavy atom. The summed E-state index contributed by atoms with van der Waals surface area (Å²) in [5.41, 5.74) is 0. The van der Waals surface area contributed by atoms with Crippen LogP contribution in [-0.2, 0) is 0 Å². The summed E-state index contributed by atoms with van der Waals surface area (Å²) >= 11 is 0. The van der Waals surface area contributed by atoms with Crippen LogP contribution in [0.15, 0.2) is 5.11 Å². The first-order valence-electron chi connectivity index (χ1n) is 5.15. The molecule has 0 aromatic rings. The van der Waals surface area contributed by atoms with Gasteiger partial charge >= 0.3 is 0 Å². The highest BCUT2D eigenvalue weighted by Crippen LogP contribution is 2.02. The molecule has 0 amide bonds. The molecule has 0 aromatic carbocycles. The van der Waals surface area contributed by atoms with Crippen LogP contribution in [0.5, 0.6) is 0 Å². The Labute approximate surface area is 86.5 Å². The summed E-state index contributed by atoms with van der Waals surface area (Å²) in [6, 6.07) is 0. The number of likely N-dealkylation sites (N-methyl/N-ethyl adjacent to an activating group) is 2. The van der Waals surface area contributed by atoms with E-state index < -0.39 is 0 Å². The second-order valence-electron chi connectivity index (χ2n) is 4.05. The van der Waals surface area contributed by atoms with Crippen molar-refractivity contribution in [3.8, 4) is 0 Å². The molecule has 5 nitrogen and oxygen atoms in total. The molecule has 0 atom stereocenters. The van der Waals surface area contributed by atoms with Crippen LogP contribution < -0.4 is 0 Å². The van der Waals surface area contributed by atoms with Gasteiger partial charge in [0.2, 0.25) is 0 Å². The van der Waals surface area contributed by atoms with Crippen LogP contribution in [0, 0.1) is 0 Å². The van der Waals surface area contributed by atoms with E-state index in [2.05, 4.69) is 48.2 Å². The number of nitrogens with zero attached hydrogens (tertiary/aromatic N) is 5. The summed E-state index contributed by atoms with van der Waals surface area (Å²) < 4.78 is 0. The zero-order valence-electron chi connectivity index (χ0n) is 9.77. The predicted molar refractivity (Wildman–Crippen MR) is 56.0 cm³/mol. The Morgan fingerprint density at radius 2 is 1.79 bits per heavy atom. The molecule has 5 heteroatoms. The standard InChI is InChI=1S/C9H22N5/c1-11(2)7-5-6-10-14-12(3)8-9-13(14)4/h5-9H2,1-4H3/q+1. The van der Waals surface area contributed by atoms with Gasteiger partial charge in [-0.15, -0.1) is 10.0 Å². The highest BCUT2D eigenvalue weighted by molar-refractivity contribution is 4.47. The van der Waals surface area contributed by atoms with Gasteiger partial charge in [0.25, 0.3) is 0 Å². The lowest BCUT2D eigenvalue weighted by Gasteiger charge is -2.07. The fourth-order valence-corrected chi connectivity index (χ4v) is 1.49. The number of rotatable bonds is 4. The molecule has 1 saturated heterocycles. The highest BCUT2D eigenvalue weighted by atomic mass is 15.9. The van der Waals surface area contributed by atoms with Crippen molar-refractivity contribution in [1.29, 1.82) is 0 Å². The van der Waals surface area contributed by atoms with Gasteiger partial charge in [0.05, 0.1) is 14.1 Å². The van der Waals surface area contributed by atoms with Gasteiger partial charge < -0.3 is 4.90 Å². The molecule has 0 saturated carbocycles. The van der Waals surface area contributed by atoms with Crippen LogP contribution in [0.4, 0.5) is 0 Å². The van der Waals surface area contributed by atoms with Crippen molar-refractivity contribution in [3.05, 3.63) is 0 Å². The molecule has 1 fully saturated rings. The fourth-order valence-electron chi connectivity index (χ4n) is 1.49. The Kier molecular flexibility index (Phi) is 4.13. The maximum atomic E-state index is 4.52. The minimum atomic E-state index is 0.896. The maximum Gasteiger partial charge on any atom is 0.117 e. The van der Waals surface area contributed by atoms with E-state index in [-0.39, 0.29) is 0 Å². The van der Waals surface area contributed by atoms with Crippen LogP contribution in [0.1, 0.15) is 6.42 Å². The summed E-state index contributed by atoms with van der Waals surface area (Å²) in [6.45, 7) is 4.12. The van der Waals surface area contributed by atoms with E-state index in [4.69, 9.17) is 0 Å². The molecular formula is C9H22N5+.